The quantitative estimate of drug-likeness (QED) is 0.592. The number of nitrogens with two attached hydrogens (primary N) is 1. The minimum atomic E-state index is -0.303. The molecule has 1 saturated heterocycles. The Morgan fingerprint density at radius 3 is 3.12 bits per heavy atom. The molecule has 0 aliphatic carbocycles. The predicted octanol–water partition coefficient (Wildman–Crippen LogP) is 1.58. The van der Waals surface area contributed by atoms with Gasteiger partial charge >= 0.3 is 0 Å². The summed E-state index contributed by atoms with van der Waals surface area (Å²) < 4.78 is 1.06. The highest BCUT2D eigenvalue weighted by Crippen LogP contribution is 2.29. The predicted molar refractivity (Wildman–Crippen MR) is 95.9 cm³/mol. The molecule has 0 aromatic carbocycles. The molecule has 4 rings (SSSR count). The van der Waals surface area contributed by atoms with Crippen molar-refractivity contribution in [1.29, 1.82) is 0 Å². The summed E-state index contributed by atoms with van der Waals surface area (Å²) in [6, 6.07) is 0. The van der Waals surface area contributed by atoms with E-state index in [1.165, 1.54) is 6.33 Å². The Bertz CT molecular complexity index is 821. The molecular weight excluding hydrogens is 344 g/mol. The van der Waals surface area contributed by atoms with Crippen LogP contribution >= 0.6 is 23.1 Å². The van der Waals surface area contributed by atoms with Gasteiger partial charge in [0.25, 0.3) is 0 Å². The van der Waals surface area contributed by atoms with Crippen LogP contribution in [-0.4, -0.2) is 54.9 Å². The molecule has 0 bridgehead atoms. The van der Waals surface area contributed by atoms with E-state index in [4.69, 9.17) is 5.73 Å². The van der Waals surface area contributed by atoms with Crippen LogP contribution in [0.15, 0.2) is 28.4 Å². The minimum absolute atomic E-state index is 0.254. The fourth-order valence-electron chi connectivity index (χ4n) is 3.07. The lowest BCUT2D eigenvalue weighted by Crippen LogP contribution is -2.21. The number of aliphatic hydroxyl groups is 1. The van der Waals surface area contributed by atoms with E-state index >= 15 is 0 Å². The van der Waals surface area contributed by atoms with Gasteiger partial charge in [-0.2, -0.15) is 0 Å². The average molecular weight is 362 g/mol. The van der Waals surface area contributed by atoms with Crippen molar-refractivity contribution >= 4 is 39.9 Å². The third-order valence-electron chi connectivity index (χ3n) is 4.28. The Morgan fingerprint density at radius 2 is 2.29 bits per heavy atom. The van der Waals surface area contributed by atoms with Crippen molar-refractivity contribution in [1.82, 2.24) is 24.8 Å². The van der Waals surface area contributed by atoms with Gasteiger partial charge in [-0.15, -0.1) is 11.3 Å². The van der Waals surface area contributed by atoms with Crippen LogP contribution in [0, 0.1) is 5.92 Å². The lowest BCUT2D eigenvalue weighted by molar-refractivity contribution is 0.149. The first-order chi connectivity index (χ1) is 11.7. The van der Waals surface area contributed by atoms with E-state index in [1.54, 1.807) is 23.1 Å². The first-order valence-corrected chi connectivity index (χ1v) is 9.56. The minimum Gasteiger partial charge on any atom is -0.391 e. The van der Waals surface area contributed by atoms with Crippen molar-refractivity contribution < 1.29 is 5.11 Å². The Labute approximate surface area is 147 Å². The summed E-state index contributed by atoms with van der Waals surface area (Å²) in [5.41, 5.74) is 8.59. The van der Waals surface area contributed by atoms with Crippen LogP contribution in [0.5, 0.6) is 0 Å². The zero-order chi connectivity index (χ0) is 16.5. The van der Waals surface area contributed by atoms with E-state index in [1.807, 2.05) is 17.8 Å². The van der Waals surface area contributed by atoms with Gasteiger partial charge in [0, 0.05) is 54.6 Å². The van der Waals surface area contributed by atoms with Gasteiger partial charge in [0.15, 0.2) is 5.82 Å². The number of anilines is 1. The molecule has 9 heteroatoms. The number of hydrogen-bond donors (Lipinski definition) is 3. The van der Waals surface area contributed by atoms with E-state index in [2.05, 4.69) is 24.8 Å². The molecule has 0 saturated carbocycles. The van der Waals surface area contributed by atoms with Crippen molar-refractivity contribution in [3.8, 4) is 0 Å². The first kappa shape index (κ1) is 15.8. The second kappa shape index (κ2) is 6.67. The number of aromatic amines is 1. The van der Waals surface area contributed by atoms with Gasteiger partial charge in [-0.1, -0.05) is 11.8 Å². The topological polar surface area (TPSA) is 104 Å². The number of β-amino-alcohol motifs (C(OH)–C–C–N with tert-alkyl or cyclic N) is 1. The SMILES string of the molecule is Nc1ncnc2c(CN3CC(O)C(CSc4nccs4)C3)c[nH]c12. The Kier molecular flexibility index (Phi) is 4.40. The fraction of sp³-hybridized carbons (Fsp3) is 0.400. The van der Waals surface area contributed by atoms with E-state index in [9.17, 15) is 5.11 Å². The Hall–Kier alpha value is -1.68. The normalized spacial score (nSPS) is 21.7. The molecule has 3 aromatic rings. The molecule has 1 aliphatic rings. The maximum absolute atomic E-state index is 10.3. The van der Waals surface area contributed by atoms with Crippen LogP contribution in [0.25, 0.3) is 11.0 Å². The molecule has 24 heavy (non-hydrogen) atoms. The van der Waals surface area contributed by atoms with Crippen LogP contribution in [0.3, 0.4) is 0 Å². The van der Waals surface area contributed by atoms with E-state index in [-0.39, 0.29) is 12.0 Å². The summed E-state index contributed by atoms with van der Waals surface area (Å²) in [5, 5.41) is 12.3. The number of aliphatic hydroxyl groups excluding tert-OH is 1. The molecule has 0 spiro atoms. The molecule has 1 aliphatic heterocycles. The summed E-state index contributed by atoms with van der Waals surface area (Å²) in [6.45, 7) is 2.29. The molecule has 2 unspecified atom stereocenters. The molecule has 2 atom stereocenters. The third kappa shape index (κ3) is 3.12. The second-order valence-electron chi connectivity index (χ2n) is 5.93. The number of nitrogens with one attached hydrogen (secondary N) is 1. The highest BCUT2D eigenvalue weighted by molar-refractivity contribution is 8.01. The van der Waals surface area contributed by atoms with Crippen LogP contribution in [-0.2, 0) is 6.54 Å². The number of H-pyrrole nitrogens is 1. The van der Waals surface area contributed by atoms with Gasteiger partial charge in [0.05, 0.1) is 11.6 Å². The van der Waals surface area contributed by atoms with Crippen molar-refractivity contribution in [2.75, 3.05) is 24.6 Å². The van der Waals surface area contributed by atoms with Gasteiger partial charge in [0.2, 0.25) is 0 Å². The number of thiazole rings is 1. The standard InChI is InChI=1S/C15H18N6OS2/c16-14-13-12(19-8-20-14)9(3-18-13)4-21-5-10(11(22)6-21)7-24-15-17-1-2-23-15/h1-3,8,10-11,18,22H,4-7H2,(H2,16,19,20). The highest BCUT2D eigenvalue weighted by atomic mass is 32.2. The van der Waals surface area contributed by atoms with Crippen molar-refractivity contribution in [3.05, 3.63) is 29.7 Å². The number of hydrogen-bond acceptors (Lipinski definition) is 8. The molecule has 1 fully saturated rings. The number of likely N-dealkylation sites (tertiary alicyclic amines) is 1. The number of aromatic nitrogens is 4. The zero-order valence-electron chi connectivity index (χ0n) is 12.9. The Morgan fingerprint density at radius 1 is 1.38 bits per heavy atom. The van der Waals surface area contributed by atoms with Crippen LogP contribution in [0.1, 0.15) is 5.56 Å². The van der Waals surface area contributed by atoms with Gasteiger partial charge in [0.1, 0.15) is 16.2 Å². The van der Waals surface area contributed by atoms with Crippen LogP contribution in [0.4, 0.5) is 5.82 Å². The molecule has 4 N–H and O–H groups in total. The lowest BCUT2D eigenvalue weighted by atomic mass is 10.1. The van der Waals surface area contributed by atoms with E-state index in [0.717, 1.165) is 39.8 Å². The fourth-order valence-corrected chi connectivity index (χ4v) is 4.89. The molecule has 7 nitrogen and oxygen atoms in total. The maximum Gasteiger partial charge on any atom is 0.151 e. The number of thioether (sulfide) groups is 1. The van der Waals surface area contributed by atoms with Gasteiger partial charge in [-0.25, -0.2) is 15.0 Å². The zero-order valence-corrected chi connectivity index (χ0v) is 14.6. The van der Waals surface area contributed by atoms with Crippen LogP contribution < -0.4 is 5.73 Å². The van der Waals surface area contributed by atoms with Crippen molar-refractivity contribution in [3.63, 3.8) is 0 Å². The van der Waals surface area contributed by atoms with Crippen molar-refractivity contribution in [2.45, 2.75) is 17.0 Å². The Balaban J connectivity index is 1.41. The van der Waals surface area contributed by atoms with E-state index < -0.39 is 0 Å². The molecule has 3 aromatic heterocycles. The first-order valence-electron chi connectivity index (χ1n) is 7.70. The summed E-state index contributed by atoms with van der Waals surface area (Å²) in [5.74, 6) is 1.60. The van der Waals surface area contributed by atoms with Crippen molar-refractivity contribution in [2.24, 2.45) is 5.92 Å². The summed E-state index contributed by atoms with van der Waals surface area (Å²) in [6.07, 6.45) is 4.93. The summed E-state index contributed by atoms with van der Waals surface area (Å²) >= 11 is 3.36. The lowest BCUT2D eigenvalue weighted by Gasteiger charge is -2.14. The largest absolute Gasteiger partial charge is 0.391 e. The molecule has 126 valence electrons. The third-order valence-corrected chi connectivity index (χ3v) is 6.43. The van der Waals surface area contributed by atoms with E-state index in [0.29, 0.717) is 12.4 Å². The van der Waals surface area contributed by atoms with Crippen LogP contribution in [0.2, 0.25) is 0 Å². The second-order valence-corrected chi connectivity index (χ2v) is 8.09. The highest BCUT2D eigenvalue weighted by Gasteiger charge is 2.31. The smallest absolute Gasteiger partial charge is 0.151 e. The molecule has 4 heterocycles. The molecule has 0 amide bonds. The summed E-state index contributed by atoms with van der Waals surface area (Å²) in [4.78, 5) is 18.0. The maximum atomic E-state index is 10.3. The average Bonchev–Trinajstić information content (AvgIpc) is 3.28. The monoisotopic (exact) mass is 362 g/mol. The van der Waals surface area contributed by atoms with Gasteiger partial charge in [-0.05, 0) is 0 Å². The molecule has 0 radical (unpaired) electrons. The number of fused-ring (bicyclic) bond motifs is 1. The van der Waals surface area contributed by atoms with Gasteiger partial charge < -0.3 is 15.8 Å². The number of nitrogens with zero attached hydrogens (tertiary/aromatic N) is 4. The number of rotatable bonds is 5. The molecular formula is C15H18N6OS2. The number of nitrogen functional groups attached to an aromatic ring is 1. The van der Waals surface area contributed by atoms with Gasteiger partial charge in [-0.3, -0.25) is 4.90 Å². The summed E-state index contributed by atoms with van der Waals surface area (Å²) in [7, 11) is 0.